The van der Waals surface area contributed by atoms with Crippen LogP contribution in [0.1, 0.15) is 5.56 Å². The average Bonchev–Trinajstić information content (AvgIpc) is 2.36. The molecular formula is C7H7BrClN3. The fraction of sp³-hybridized carbons (Fsp3) is 0.143. The van der Waals surface area contributed by atoms with E-state index in [2.05, 4.69) is 37.6 Å². The predicted octanol–water partition coefficient (Wildman–Crippen LogP) is 3.01. The van der Waals surface area contributed by atoms with Crippen molar-refractivity contribution in [2.45, 2.75) is 6.92 Å². The van der Waals surface area contributed by atoms with Crippen LogP contribution >= 0.6 is 27.5 Å². The van der Waals surface area contributed by atoms with Gasteiger partial charge in [-0.25, -0.2) is 9.98 Å². The fourth-order valence-electron chi connectivity index (χ4n) is 0.705. The Balaban J connectivity index is 3.04. The average molecular weight is 249 g/mol. The van der Waals surface area contributed by atoms with Crippen molar-refractivity contribution in [3.63, 3.8) is 0 Å². The molecule has 5 heteroatoms. The van der Waals surface area contributed by atoms with E-state index >= 15 is 0 Å². The lowest BCUT2D eigenvalue weighted by Gasteiger charge is -1.90. The monoisotopic (exact) mass is 247 g/mol. The van der Waals surface area contributed by atoms with E-state index in [1.54, 1.807) is 6.20 Å². The first kappa shape index (κ1) is 9.48. The lowest BCUT2D eigenvalue weighted by molar-refractivity contribution is 1.31. The summed E-state index contributed by atoms with van der Waals surface area (Å²) in [4.78, 5) is 10.4. The molecule has 0 fully saturated rings. The van der Waals surface area contributed by atoms with Crippen LogP contribution in [0.25, 0.3) is 0 Å². The quantitative estimate of drug-likeness (QED) is 0.451. The highest BCUT2D eigenvalue weighted by Gasteiger charge is 2.02. The molecule has 0 saturated carbocycles. The molecule has 1 aromatic rings. The van der Waals surface area contributed by atoms with Crippen LogP contribution in [0.5, 0.6) is 0 Å². The molecule has 0 amide bonds. The van der Waals surface area contributed by atoms with Crippen LogP contribution < -0.4 is 0 Å². The summed E-state index contributed by atoms with van der Waals surface area (Å²) in [5, 5.41) is 0.132. The first-order chi connectivity index (χ1) is 5.65. The smallest absolute Gasteiger partial charge is 0.223 e. The molecule has 64 valence electrons. The third-order valence-corrected chi connectivity index (χ3v) is 2.41. The maximum Gasteiger partial charge on any atom is 0.223 e. The Labute approximate surface area is 83.7 Å². The zero-order valence-electron chi connectivity index (χ0n) is 6.43. The van der Waals surface area contributed by atoms with Gasteiger partial charge in [0.2, 0.25) is 5.29 Å². The molecule has 12 heavy (non-hydrogen) atoms. The minimum absolute atomic E-state index is 0.132. The second-order valence-corrected chi connectivity index (χ2v) is 3.34. The van der Waals surface area contributed by atoms with Crippen molar-refractivity contribution in [1.82, 2.24) is 4.98 Å². The molecule has 0 aliphatic carbocycles. The molecule has 1 N–H and O–H groups in total. The molecule has 3 nitrogen and oxygen atoms in total. The van der Waals surface area contributed by atoms with Crippen molar-refractivity contribution in [2.75, 3.05) is 0 Å². The van der Waals surface area contributed by atoms with Crippen molar-refractivity contribution >= 4 is 45.4 Å². The molecular weight excluding hydrogens is 241 g/mol. The van der Waals surface area contributed by atoms with Gasteiger partial charge in [0.05, 0.1) is 0 Å². The van der Waals surface area contributed by atoms with Gasteiger partial charge in [0.1, 0.15) is 5.82 Å². The predicted molar refractivity (Wildman–Crippen MR) is 55.7 cm³/mol. The molecule has 0 bridgehead atoms. The number of halogens is 2. The van der Waals surface area contributed by atoms with Gasteiger partial charge in [-0.15, -0.1) is 0 Å². The van der Waals surface area contributed by atoms with Crippen molar-refractivity contribution in [1.29, 1.82) is 0 Å². The molecule has 0 aliphatic heterocycles. The van der Waals surface area contributed by atoms with Crippen LogP contribution in [0.15, 0.2) is 20.7 Å². The Bertz CT molecular complexity index is 329. The van der Waals surface area contributed by atoms with Gasteiger partial charge >= 0.3 is 0 Å². The molecule has 0 atom stereocenters. The van der Waals surface area contributed by atoms with E-state index in [0.717, 1.165) is 10.0 Å². The van der Waals surface area contributed by atoms with E-state index in [4.69, 9.17) is 11.6 Å². The van der Waals surface area contributed by atoms with E-state index in [9.17, 15) is 0 Å². The standard InChI is InChI=1S/C7H7BrClN3/c1-4-5(8)3-11-6(4)12-7(9)10-2/h3,11H,2H2,1H3/b12-7-. The lowest BCUT2D eigenvalue weighted by Crippen LogP contribution is -1.78. The molecule has 1 rings (SSSR count). The maximum atomic E-state index is 5.57. The summed E-state index contributed by atoms with van der Waals surface area (Å²) >= 11 is 8.90. The summed E-state index contributed by atoms with van der Waals surface area (Å²) in [6, 6.07) is 0. The highest BCUT2D eigenvalue weighted by atomic mass is 79.9. The molecule has 0 spiro atoms. The maximum absolute atomic E-state index is 5.57. The van der Waals surface area contributed by atoms with Crippen LogP contribution in [0, 0.1) is 6.92 Å². The van der Waals surface area contributed by atoms with Gasteiger partial charge in [-0.3, -0.25) is 0 Å². The van der Waals surface area contributed by atoms with Crippen LogP contribution in [0.3, 0.4) is 0 Å². The Morgan fingerprint density at radius 3 is 2.83 bits per heavy atom. The summed E-state index contributed by atoms with van der Waals surface area (Å²) in [6.07, 6.45) is 1.79. The zero-order chi connectivity index (χ0) is 9.14. The highest BCUT2D eigenvalue weighted by molar-refractivity contribution is 9.10. The fourth-order valence-corrected chi connectivity index (χ4v) is 1.09. The number of nitrogens with one attached hydrogen (secondary N) is 1. The second kappa shape index (κ2) is 3.87. The largest absolute Gasteiger partial charge is 0.345 e. The van der Waals surface area contributed by atoms with Crippen LogP contribution in [-0.2, 0) is 0 Å². The third kappa shape index (κ3) is 1.95. The van der Waals surface area contributed by atoms with E-state index in [1.165, 1.54) is 0 Å². The number of H-pyrrole nitrogens is 1. The normalized spacial score (nSPS) is 11.8. The summed E-state index contributed by atoms with van der Waals surface area (Å²) in [6.45, 7) is 5.18. The van der Waals surface area contributed by atoms with Gasteiger partial charge in [-0.1, -0.05) is 0 Å². The Kier molecular flexibility index (Phi) is 3.05. The van der Waals surface area contributed by atoms with Gasteiger partial charge in [0.25, 0.3) is 0 Å². The Hall–Kier alpha value is -0.610. The highest BCUT2D eigenvalue weighted by Crippen LogP contribution is 2.25. The van der Waals surface area contributed by atoms with Gasteiger partial charge < -0.3 is 4.98 Å². The molecule has 0 aliphatic rings. The number of rotatable bonds is 1. The number of aromatic amines is 1. The van der Waals surface area contributed by atoms with Crippen molar-refractivity contribution < 1.29 is 0 Å². The number of aromatic nitrogens is 1. The SMILES string of the molecule is C=N/C(Cl)=N\c1[nH]cc(Br)c1C. The van der Waals surface area contributed by atoms with Crippen molar-refractivity contribution in [3.8, 4) is 0 Å². The topological polar surface area (TPSA) is 40.5 Å². The van der Waals surface area contributed by atoms with Crippen LogP contribution in [0.2, 0.25) is 0 Å². The number of hydrogen-bond donors (Lipinski definition) is 1. The van der Waals surface area contributed by atoms with Gasteiger partial charge in [0.15, 0.2) is 0 Å². The molecule has 1 aromatic heterocycles. The van der Waals surface area contributed by atoms with Crippen LogP contribution in [-0.4, -0.2) is 17.0 Å². The number of hydrogen-bond acceptors (Lipinski definition) is 1. The Morgan fingerprint density at radius 1 is 1.75 bits per heavy atom. The number of nitrogens with zero attached hydrogens (tertiary/aromatic N) is 2. The van der Waals surface area contributed by atoms with Gasteiger partial charge in [-0.05, 0) is 41.2 Å². The zero-order valence-corrected chi connectivity index (χ0v) is 8.78. The van der Waals surface area contributed by atoms with E-state index < -0.39 is 0 Å². The molecule has 0 unspecified atom stereocenters. The third-order valence-electron chi connectivity index (χ3n) is 1.38. The summed E-state index contributed by atoms with van der Waals surface area (Å²) in [5.41, 5.74) is 0.997. The Morgan fingerprint density at radius 2 is 2.42 bits per heavy atom. The first-order valence-electron chi connectivity index (χ1n) is 3.19. The first-order valence-corrected chi connectivity index (χ1v) is 4.36. The summed E-state index contributed by atoms with van der Waals surface area (Å²) < 4.78 is 0.967. The molecule has 1 heterocycles. The second-order valence-electron chi connectivity index (χ2n) is 2.15. The van der Waals surface area contributed by atoms with Crippen molar-refractivity contribution in [3.05, 3.63) is 16.2 Å². The van der Waals surface area contributed by atoms with Gasteiger partial charge in [0, 0.05) is 16.2 Å². The molecule has 0 aromatic carbocycles. The number of amidine groups is 1. The lowest BCUT2D eigenvalue weighted by atomic mass is 10.4. The number of aliphatic imine (C=N–C) groups is 2. The van der Waals surface area contributed by atoms with E-state index in [1.807, 2.05) is 6.92 Å². The van der Waals surface area contributed by atoms with Gasteiger partial charge in [-0.2, -0.15) is 0 Å². The van der Waals surface area contributed by atoms with E-state index in [-0.39, 0.29) is 5.29 Å². The molecule has 0 saturated heterocycles. The van der Waals surface area contributed by atoms with Crippen molar-refractivity contribution in [2.24, 2.45) is 9.98 Å². The minimum atomic E-state index is 0.132. The minimum Gasteiger partial charge on any atom is -0.345 e. The van der Waals surface area contributed by atoms with E-state index in [0.29, 0.717) is 5.82 Å². The summed E-state index contributed by atoms with van der Waals surface area (Å²) in [7, 11) is 0. The summed E-state index contributed by atoms with van der Waals surface area (Å²) in [5.74, 6) is 0.694. The molecule has 0 radical (unpaired) electrons. The van der Waals surface area contributed by atoms with Crippen LogP contribution in [0.4, 0.5) is 5.82 Å².